The molecule has 1 aromatic heterocycles. The summed E-state index contributed by atoms with van der Waals surface area (Å²) in [6.45, 7) is 0. The standard InChI is InChI=1S/C12H9F2N3O/c13-8-3-4-10(14)11(6-8)17-12(18)16-9-2-1-5-15-7-9/h1-7H,(H2,16,17,18). The molecule has 92 valence electrons. The Balaban J connectivity index is 2.05. The predicted octanol–water partition coefficient (Wildman–Crippen LogP) is 3.00. The molecule has 0 saturated heterocycles. The first-order valence-electron chi connectivity index (χ1n) is 5.08. The Bertz CT molecular complexity index is 561. The second-order valence-corrected chi connectivity index (χ2v) is 3.44. The van der Waals surface area contributed by atoms with Crippen LogP contribution in [0.15, 0.2) is 42.7 Å². The van der Waals surface area contributed by atoms with E-state index in [2.05, 4.69) is 15.6 Å². The van der Waals surface area contributed by atoms with Gasteiger partial charge in [0.1, 0.15) is 11.6 Å². The summed E-state index contributed by atoms with van der Waals surface area (Å²) in [5.41, 5.74) is 0.225. The lowest BCUT2D eigenvalue weighted by molar-refractivity contribution is 0.262. The molecule has 6 heteroatoms. The minimum Gasteiger partial charge on any atom is -0.306 e. The Morgan fingerprint density at radius 3 is 2.72 bits per heavy atom. The highest BCUT2D eigenvalue weighted by atomic mass is 19.1. The lowest BCUT2D eigenvalue weighted by Crippen LogP contribution is -2.20. The van der Waals surface area contributed by atoms with Crippen LogP contribution in [0.4, 0.5) is 25.0 Å². The molecule has 2 rings (SSSR count). The zero-order valence-electron chi connectivity index (χ0n) is 9.15. The van der Waals surface area contributed by atoms with Gasteiger partial charge in [0.2, 0.25) is 0 Å². The molecule has 0 spiro atoms. The number of amides is 2. The molecular formula is C12H9F2N3O. The molecule has 2 amide bonds. The van der Waals surface area contributed by atoms with E-state index in [4.69, 9.17) is 0 Å². The van der Waals surface area contributed by atoms with Crippen molar-refractivity contribution in [2.24, 2.45) is 0 Å². The number of nitrogens with one attached hydrogen (secondary N) is 2. The van der Waals surface area contributed by atoms with Crippen LogP contribution in [0, 0.1) is 11.6 Å². The molecule has 4 nitrogen and oxygen atoms in total. The Labute approximate surface area is 102 Å². The van der Waals surface area contributed by atoms with Gasteiger partial charge in [0.05, 0.1) is 17.6 Å². The van der Waals surface area contributed by atoms with Gasteiger partial charge < -0.3 is 10.6 Å². The van der Waals surface area contributed by atoms with E-state index in [9.17, 15) is 13.6 Å². The van der Waals surface area contributed by atoms with Crippen LogP contribution in [0.2, 0.25) is 0 Å². The molecule has 0 saturated carbocycles. The summed E-state index contributed by atoms with van der Waals surface area (Å²) in [6, 6.07) is 5.40. The summed E-state index contributed by atoms with van der Waals surface area (Å²) in [6.07, 6.45) is 2.98. The number of hydrogen-bond acceptors (Lipinski definition) is 2. The highest BCUT2D eigenvalue weighted by molar-refractivity contribution is 5.99. The van der Waals surface area contributed by atoms with Gasteiger partial charge >= 0.3 is 6.03 Å². The van der Waals surface area contributed by atoms with Gasteiger partial charge in [0, 0.05) is 12.3 Å². The van der Waals surface area contributed by atoms with Crippen molar-refractivity contribution in [3.63, 3.8) is 0 Å². The van der Waals surface area contributed by atoms with Crippen LogP contribution < -0.4 is 10.6 Å². The van der Waals surface area contributed by atoms with E-state index in [1.165, 1.54) is 6.20 Å². The van der Waals surface area contributed by atoms with Crippen molar-refractivity contribution < 1.29 is 13.6 Å². The Morgan fingerprint density at radius 1 is 1.17 bits per heavy atom. The smallest absolute Gasteiger partial charge is 0.306 e. The van der Waals surface area contributed by atoms with E-state index in [0.717, 1.165) is 18.2 Å². The molecule has 1 heterocycles. The van der Waals surface area contributed by atoms with Crippen LogP contribution in [0.3, 0.4) is 0 Å². The van der Waals surface area contributed by atoms with E-state index in [0.29, 0.717) is 5.69 Å². The maximum atomic E-state index is 13.2. The first-order valence-corrected chi connectivity index (χ1v) is 5.08. The highest BCUT2D eigenvalue weighted by Gasteiger charge is 2.08. The molecule has 2 aromatic rings. The molecule has 0 fully saturated rings. The fraction of sp³-hybridized carbons (Fsp3) is 0. The minimum absolute atomic E-state index is 0.226. The summed E-state index contributed by atoms with van der Waals surface area (Å²) >= 11 is 0. The molecular weight excluding hydrogens is 240 g/mol. The van der Waals surface area contributed by atoms with Crippen molar-refractivity contribution in [3.05, 3.63) is 54.4 Å². The van der Waals surface area contributed by atoms with Gasteiger partial charge in [-0.15, -0.1) is 0 Å². The maximum absolute atomic E-state index is 13.2. The quantitative estimate of drug-likeness (QED) is 0.859. The van der Waals surface area contributed by atoms with Crippen molar-refractivity contribution in [1.29, 1.82) is 0 Å². The molecule has 1 aromatic carbocycles. The van der Waals surface area contributed by atoms with Gasteiger partial charge in [-0.2, -0.15) is 0 Å². The highest BCUT2D eigenvalue weighted by Crippen LogP contribution is 2.15. The number of rotatable bonds is 2. The monoisotopic (exact) mass is 249 g/mol. The van der Waals surface area contributed by atoms with Gasteiger partial charge in [-0.1, -0.05) is 0 Å². The molecule has 0 bridgehead atoms. The van der Waals surface area contributed by atoms with Crippen LogP contribution in [0.25, 0.3) is 0 Å². The van der Waals surface area contributed by atoms with Crippen molar-refractivity contribution in [2.75, 3.05) is 10.6 Å². The third-order valence-corrected chi connectivity index (χ3v) is 2.10. The minimum atomic E-state index is -0.710. The van der Waals surface area contributed by atoms with Gasteiger partial charge in [-0.05, 0) is 24.3 Å². The Kier molecular flexibility index (Phi) is 3.47. The van der Waals surface area contributed by atoms with E-state index < -0.39 is 17.7 Å². The second kappa shape index (κ2) is 5.22. The number of pyridine rings is 1. The molecule has 0 aliphatic rings. The van der Waals surface area contributed by atoms with Crippen LogP contribution in [0.5, 0.6) is 0 Å². The molecule has 0 aliphatic heterocycles. The summed E-state index contributed by atoms with van der Waals surface area (Å²) in [5, 5.41) is 4.64. The number of halogens is 2. The van der Waals surface area contributed by atoms with Crippen molar-refractivity contribution in [3.8, 4) is 0 Å². The number of urea groups is 1. The third-order valence-electron chi connectivity index (χ3n) is 2.10. The molecule has 0 radical (unpaired) electrons. The number of carbonyl (C=O) groups is 1. The molecule has 0 unspecified atom stereocenters. The molecule has 2 N–H and O–H groups in total. The van der Waals surface area contributed by atoms with Crippen molar-refractivity contribution in [1.82, 2.24) is 4.98 Å². The van der Waals surface area contributed by atoms with Gasteiger partial charge in [-0.25, -0.2) is 13.6 Å². The number of benzene rings is 1. The number of hydrogen-bond donors (Lipinski definition) is 2. The number of anilines is 2. The fourth-order valence-electron chi connectivity index (χ4n) is 1.31. The van der Waals surface area contributed by atoms with Gasteiger partial charge in [0.15, 0.2) is 0 Å². The largest absolute Gasteiger partial charge is 0.323 e. The van der Waals surface area contributed by atoms with E-state index in [1.54, 1.807) is 18.3 Å². The third kappa shape index (κ3) is 3.00. The normalized spacial score (nSPS) is 9.89. The Hall–Kier alpha value is -2.50. The van der Waals surface area contributed by atoms with Crippen LogP contribution >= 0.6 is 0 Å². The second-order valence-electron chi connectivity index (χ2n) is 3.44. The molecule has 0 atom stereocenters. The fourth-order valence-corrected chi connectivity index (χ4v) is 1.31. The maximum Gasteiger partial charge on any atom is 0.323 e. The summed E-state index contributed by atoms with van der Waals surface area (Å²) in [5.74, 6) is -1.34. The van der Waals surface area contributed by atoms with E-state index in [1.807, 2.05) is 0 Å². The lowest BCUT2D eigenvalue weighted by Gasteiger charge is -2.07. The lowest BCUT2D eigenvalue weighted by atomic mass is 10.3. The van der Waals surface area contributed by atoms with Crippen LogP contribution in [-0.4, -0.2) is 11.0 Å². The van der Waals surface area contributed by atoms with Gasteiger partial charge in [-0.3, -0.25) is 4.98 Å². The number of nitrogens with zero attached hydrogens (tertiary/aromatic N) is 1. The predicted molar refractivity (Wildman–Crippen MR) is 63.2 cm³/mol. The topological polar surface area (TPSA) is 54.0 Å². The van der Waals surface area contributed by atoms with E-state index >= 15 is 0 Å². The Morgan fingerprint density at radius 2 is 2.00 bits per heavy atom. The average molecular weight is 249 g/mol. The first kappa shape index (κ1) is 12.0. The SMILES string of the molecule is O=C(Nc1cccnc1)Nc1cc(F)ccc1F. The first-order chi connectivity index (χ1) is 8.65. The van der Waals surface area contributed by atoms with Gasteiger partial charge in [0.25, 0.3) is 0 Å². The molecule has 18 heavy (non-hydrogen) atoms. The van der Waals surface area contributed by atoms with Crippen LogP contribution in [0.1, 0.15) is 0 Å². The zero-order chi connectivity index (χ0) is 13.0. The van der Waals surface area contributed by atoms with Crippen molar-refractivity contribution >= 4 is 17.4 Å². The van der Waals surface area contributed by atoms with Crippen LogP contribution in [-0.2, 0) is 0 Å². The summed E-state index contributed by atoms with van der Waals surface area (Å²) in [4.78, 5) is 15.3. The summed E-state index contributed by atoms with van der Waals surface area (Å²) in [7, 11) is 0. The molecule has 0 aliphatic carbocycles. The summed E-state index contributed by atoms with van der Waals surface area (Å²) < 4.78 is 26.1. The van der Waals surface area contributed by atoms with E-state index in [-0.39, 0.29) is 5.69 Å². The zero-order valence-corrected chi connectivity index (χ0v) is 9.15. The van der Waals surface area contributed by atoms with Crippen molar-refractivity contribution in [2.45, 2.75) is 0 Å². The number of aromatic nitrogens is 1. The average Bonchev–Trinajstić information content (AvgIpc) is 2.35. The number of carbonyl (C=O) groups excluding carboxylic acids is 1.